The molecule has 0 atom stereocenters. The number of hydrogen-bond donors (Lipinski definition) is 0. The van der Waals surface area contributed by atoms with E-state index in [-0.39, 0.29) is 17.5 Å². The minimum Gasteiger partial charge on any atom is -0.295 e. The van der Waals surface area contributed by atoms with E-state index in [1.165, 1.54) is 6.92 Å². The molecular formula is C10H16O2. The molecule has 0 aromatic carbocycles. The van der Waals surface area contributed by atoms with Gasteiger partial charge in [-0.2, -0.15) is 0 Å². The minimum absolute atomic E-state index is 0.0264. The van der Waals surface area contributed by atoms with Gasteiger partial charge in [0.1, 0.15) is 0 Å². The maximum atomic E-state index is 11.4. The van der Waals surface area contributed by atoms with Crippen LogP contribution in [0.15, 0.2) is 11.1 Å². The zero-order chi connectivity index (χ0) is 9.89. The molecule has 2 nitrogen and oxygen atoms in total. The zero-order valence-electron chi connectivity index (χ0n) is 8.39. The highest BCUT2D eigenvalue weighted by molar-refractivity contribution is 6.05. The Morgan fingerprint density at radius 1 is 0.917 bits per heavy atom. The fraction of sp³-hybridized carbons (Fsp3) is 0.600. The highest BCUT2D eigenvalue weighted by atomic mass is 16.1. The van der Waals surface area contributed by atoms with Crippen LogP contribution in [0.1, 0.15) is 34.6 Å². The van der Waals surface area contributed by atoms with E-state index >= 15 is 0 Å². The van der Waals surface area contributed by atoms with E-state index in [9.17, 15) is 9.59 Å². The van der Waals surface area contributed by atoms with Crippen molar-refractivity contribution in [3.63, 3.8) is 0 Å². The zero-order valence-corrected chi connectivity index (χ0v) is 8.39. The lowest BCUT2D eigenvalue weighted by atomic mass is 9.97. The van der Waals surface area contributed by atoms with Gasteiger partial charge in [0.2, 0.25) is 0 Å². The van der Waals surface area contributed by atoms with E-state index in [0.717, 1.165) is 0 Å². The van der Waals surface area contributed by atoms with E-state index in [4.69, 9.17) is 0 Å². The van der Waals surface area contributed by atoms with Gasteiger partial charge in [-0.1, -0.05) is 13.8 Å². The van der Waals surface area contributed by atoms with Crippen LogP contribution in [-0.4, -0.2) is 11.6 Å². The maximum Gasteiger partial charge on any atom is 0.161 e. The summed E-state index contributed by atoms with van der Waals surface area (Å²) < 4.78 is 0. The fourth-order valence-electron chi connectivity index (χ4n) is 0.882. The first-order chi connectivity index (χ1) is 5.37. The van der Waals surface area contributed by atoms with Gasteiger partial charge in [-0.15, -0.1) is 0 Å². The lowest BCUT2D eigenvalue weighted by molar-refractivity contribution is -0.119. The Morgan fingerprint density at radius 3 is 1.58 bits per heavy atom. The van der Waals surface area contributed by atoms with Gasteiger partial charge in [0.05, 0.1) is 0 Å². The second-order valence-electron chi connectivity index (χ2n) is 3.33. The first-order valence-electron chi connectivity index (χ1n) is 4.10. The molecule has 0 amide bonds. The van der Waals surface area contributed by atoms with Crippen molar-refractivity contribution in [3.05, 3.63) is 11.1 Å². The summed E-state index contributed by atoms with van der Waals surface area (Å²) in [7, 11) is 0. The molecule has 0 aromatic heterocycles. The number of allylic oxidation sites excluding steroid dienone is 2. The summed E-state index contributed by atoms with van der Waals surface area (Å²) in [6.45, 7) is 8.54. The van der Waals surface area contributed by atoms with E-state index in [2.05, 4.69) is 0 Å². The summed E-state index contributed by atoms with van der Waals surface area (Å²) >= 11 is 0. The number of carbonyl (C=O) groups excluding carboxylic acids is 2. The third-order valence-electron chi connectivity index (χ3n) is 1.98. The third kappa shape index (κ3) is 2.61. The van der Waals surface area contributed by atoms with Crippen LogP contribution in [-0.2, 0) is 9.59 Å². The van der Waals surface area contributed by atoms with Crippen molar-refractivity contribution in [1.82, 2.24) is 0 Å². The van der Waals surface area contributed by atoms with Crippen molar-refractivity contribution in [1.29, 1.82) is 0 Å². The molecule has 68 valence electrons. The molecule has 0 heterocycles. The third-order valence-corrected chi connectivity index (χ3v) is 1.98. The first kappa shape index (κ1) is 11.1. The Hall–Kier alpha value is -0.920. The van der Waals surface area contributed by atoms with Crippen LogP contribution in [0.3, 0.4) is 0 Å². The molecule has 0 saturated heterocycles. The Balaban J connectivity index is 4.79. The maximum absolute atomic E-state index is 11.4. The Morgan fingerprint density at radius 2 is 1.33 bits per heavy atom. The van der Waals surface area contributed by atoms with Crippen LogP contribution in [0.4, 0.5) is 0 Å². The molecule has 0 radical (unpaired) electrons. The van der Waals surface area contributed by atoms with Gasteiger partial charge in [0, 0.05) is 5.92 Å². The molecule has 0 bridgehead atoms. The van der Waals surface area contributed by atoms with E-state index in [0.29, 0.717) is 11.1 Å². The second kappa shape index (κ2) is 4.19. The number of carbonyl (C=O) groups is 2. The van der Waals surface area contributed by atoms with Crippen molar-refractivity contribution in [3.8, 4) is 0 Å². The summed E-state index contributed by atoms with van der Waals surface area (Å²) in [5.74, 6) is 0.00324. The van der Waals surface area contributed by atoms with Crippen LogP contribution in [0.25, 0.3) is 0 Å². The number of hydrogen-bond acceptors (Lipinski definition) is 2. The highest BCUT2D eigenvalue weighted by Gasteiger charge is 2.13. The summed E-state index contributed by atoms with van der Waals surface area (Å²) in [5, 5.41) is 0. The quantitative estimate of drug-likeness (QED) is 0.605. The molecule has 0 aliphatic rings. The van der Waals surface area contributed by atoms with E-state index in [1.807, 2.05) is 13.8 Å². The van der Waals surface area contributed by atoms with E-state index in [1.54, 1.807) is 13.8 Å². The lowest BCUT2D eigenvalue weighted by Crippen LogP contribution is -2.11. The summed E-state index contributed by atoms with van der Waals surface area (Å²) in [6, 6.07) is 0. The van der Waals surface area contributed by atoms with Crippen molar-refractivity contribution >= 4 is 11.6 Å². The van der Waals surface area contributed by atoms with Gasteiger partial charge in [-0.3, -0.25) is 9.59 Å². The Kier molecular flexibility index (Phi) is 3.87. The summed E-state index contributed by atoms with van der Waals surface area (Å²) in [5.41, 5.74) is 1.17. The molecule has 0 aromatic rings. The average Bonchev–Trinajstić information content (AvgIpc) is 2.00. The largest absolute Gasteiger partial charge is 0.295 e. The number of ketones is 2. The monoisotopic (exact) mass is 168 g/mol. The smallest absolute Gasteiger partial charge is 0.161 e. The Labute approximate surface area is 73.7 Å². The van der Waals surface area contributed by atoms with E-state index < -0.39 is 0 Å². The molecule has 0 aliphatic heterocycles. The van der Waals surface area contributed by atoms with Gasteiger partial charge in [-0.25, -0.2) is 0 Å². The van der Waals surface area contributed by atoms with Crippen LogP contribution >= 0.6 is 0 Å². The van der Waals surface area contributed by atoms with Gasteiger partial charge < -0.3 is 0 Å². The van der Waals surface area contributed by atoms with Crippen LogP contribution in [0.5, 0.6) is 0 Å². The minimum atomic E-state index is -0.0284. The van der Waals surface area contributed by atoms with Crippen molar-refractivity contribution in [2.45, 2.75) is 34.6 Å². The Bertz CT molecular complexity index is 234. The van der Waals surface area contributed by atoms with Crippen molar-refractivity contribution in [2.75, 3.05) is 0 Å². The lowest BCUT2D eigenvalue weighted by Gasteiger charge is -2.06. The summed E-state index contributed by atoms with van der Waals surface area (Å²) in [6.07, 6.45) is 0. The molecule has 0 fully saturated rings. The highest BCUT2D eigenvalue weighted by Crippen LogP contribution is 2.10. The predicted octanol–water partition coefficient (Wildman–Crippen LogP) is 2.14. The fourth-order valence-corrected chi connectivity index (χ4v) is 0.882. The molecular weight excluding hydrogens is 152 g/mol. The standard InChI is InChI=1S/C10H16O2/c1-6(2)10(12)8(4)7(3)9(5)11/h6H,1-5H3/b8-7-. The van der Waals surface area contributed by atoms with Gasteiger partial charge in [0.25, 0.3) is 0 Å². The van der Waals surface area contributed by atoms with Crippen LogP contribution in [0, 0.1) is 5.92 Å². The number of rotatable bonds is 3. The topological polar surface area (TPSA) is 34.1 Å². The van der Waals surface area contributed by atoms with Crippen molar-refractivity contribution in [2.24, 2.45) is 5.92 Å². The van der Waals surface area contributed by atoms with Gasteiger partial charge in [0.15, 0.2) is 11.6 Å². The van der Waals surface area contributed by atoms with Gasteiger partial charge in [-0.05, 0) is 31.9 Å². The molecule has 0 rings (SSSR count). The molecule has 0 unspecified atom stereocenters. The molecule has 0 aliphatic carbocycles. The van der Waals surface area contributed by atoms with Crippen LogP contribution in [0.2, 0.25) is 0 Å². The average molecular weight is 168 g/mol. The second-order valence-corrected chi connectivity index (χ2v) is 3.33. The molecule has 0 spiro atoms. The molecule has 2 heteroatoms. The van der Waals surface area contributed by atoms with Gasteiger partial charge >= 0.3 is 0 Å². The normalized spacial score (nSPS) is 12.8. The molecule has 0 saturated carbocycles. The number of Topliss-reactive ketones (excluding diaryl/α,β-unsaturated/α-hetero) is 2. The SMILES string of the molecule is CC(=O)/C(C)=C(/C)C(=O)C(C)C. The summed E-state index contributed by atoms with van der Waals surface area (Å²) in [4.78, 5) is 22.3. The molecule has 12 heavy (non-hydrogen) atoms. The van der Waals surface area contributed by atoms with Crippen LogP contribution < -0.4 is 0 Å². The predicted molar refractivity (Wildman–Crippen MR) is 48.9 cm³/mol. The molecule has 0 N–H and O–H groups in total. The van der Waals surface area contributed by atoms with Crippen molar-refractivity contribution < 1.29 is 9.59 Å². The first-order valence-corrected chi connectivity index (χ1v) is 4.10.